The minimum Gasteiger partial charge on any atom is -0.320 e. The van der Waals surface area contributed by atoms with Crippen LogP contribution < -0.4 is 5.32 Å². The Morgan fingerprint density at radius 2 is 2.00 bits per heavy atom. The standard InChI is InChI=1S/C16H18N6OS/c1-9-6-5-7-13(10(9)2)17-16(23)15-12(4)22(21-18-15)8-14-11(3)19-24-20-14/h5-7H,8H2,1-4H3,(H,17,23). The lowest BCUT2D eigenvalue weighted by Crippen LogP contribution is -2.15. The van der Waals surface area contributed by atoms with Crippen molar-refractivity contribution in [3.8, 4) is 0 Å². The molecule has 0 saturated heterocycles. The number of aryl methyl sites for hydroxylation is 2. The molecule has 0 bridgehead atoms. The van der Waals surface area contributed by atoms with Gasteiger partial charge in [0.2, 0.25) is 0 Å². The summed E-state index contributed by atoms with van der Waals surface area (Å²) in [6, 6.07) is 5.81. The second-order valence-electron chi connectivity index (χ2n) is 5.68. The first-order valence-corrected chi connectivity index (χ1v) is 8.26. The Morgan fingerprint density at radius 3 is 2.71 bits per heavy atom. The molecule has 1 aromatic carbocycles. The fourth-order valence-electron chi connectivity index (χ4n) is 2.32. The molecule has 0 spiro atoms. The highest BCUT2D eigenvalue weighted by molar-refractivity contribution is 6.99. The van der Waals surface area contributed by atoms with E-state index in [2.05, 4.69) is 24.4 Å². The van der Waals surface area contributed by atoms with E-state index in [1.165, 1.54) is 11.7 Å². The van der Waals surface area contributed by atoms with Gasteiger partial charge in [-0.05, 0) is 44.9 Å². The molecule has 7 nitrogen and oxygen atoms in total. The summed E-state index contributed by atoms with van der Waals surface area (Å²) in [6.07, 6.45) is 0. The SMILES string of the molecule is Cc1cccc(NC(=O)c2nnn(Cc3nsnc3C)c2C)c1C. The van der Waals surface area contributed by atoms with Gasteiger partial charge in [-0.15, -0.1) is 5.10 Å². The van der Waals surface area contributed by atoms with E-state index in [1.54, 1.807) is 4.68 Å². The molecule has 0 aliphatic carbocycles. The molecule has 0 atom stereocenters. The zero-order valence-electron chi connectivity index (χ0n) is 14.0. The largest absolute Gasteiger partial charge is 0.320 e. The van der Waals surface area contributed by atoms with Crippen LogP contribution >= 0.6 is 11.7 Å². The summed E-state index contributed by atoms with van der Waals surface area (Å²) in [5, 5.41) is 11.0. The lowest BCUT2D eigenvalue weighted by Gasteiger charge is -2.09. The van der Waals surface area contributed by atoms with E-state index in [1.807, 2.05) is 45.9 Å². The summed E-state index contributed by atoms with van der Waals surface area (Å²) in [5.41, 5.74) is 5.68. The van der Waals surface area contributed by atoms with Gasteiger partial charge in [-0.3, -0.25) is 4.79 Å². The van der Waals surface area contributed by atoms with E-state index in [0.29, 0.717) is 17.9 Å². The van der Waals surface area contributed by atoms with Crippen LogP contribution in [0.4, 0.5) is 5.69 Å². The van der Waals surface area contributed by atoms with Gasteiger partial charge in [-0.2, -0.15) is 8.75 Å². The van der Waals surface area contributed by atoms with Crippen molar-refractivity contribution in [3.63, 3.8) is 0 Å². The minimum absolute atomic E-state index is 0.263. The van der Waals surface area contributed by atoms with Crippen LogP contribution in [0.2, 0.25) is 0 Å². The summed E-state index contributed by atoms with van der Waals surface area (Å²) in [6.45, 7) is 8.17. The van der Waals surface area contributed by atoms with Crippen molar-refractivity contribution in [3.05, 3.63) is 52.1 Å². The molecule has 2 aromatic heterocycles. The zero-order valence-corrected chi connectivity index (χ0v) is 14.8. The highest BCUT2D eigenvalue weighted by atomic mass is 32.1. The van der Waals surface area contributed by atoms with Crippen molar-refractivity contribution in [2.75, 3.05) is 5.32 Å². The summed E-state index contributed by atoms with van der Waals surface area (Å²) < 4.78 is 10.1. The lowest BCUT2D eigenvalue weighted by molar-refractivity contribution is 0.102. The topological polar surface area (TPSA) is 85.6 Å². The van der Waals surface area contributed by atoms with E-state index >= 15 is 0 Å². The number of hydrogen-bond acceptors (Lipinski definition) is 6. The molecule has 0 saturated carbocycles. The van der Waals surface area contributed by atoms with Gasteiger partial charge in [0, 0.05) is 5.69 Å². The summed E-state index contributed by atoms with van der Waals surface area (Å²) in [4.78, 5) is 12.5. The molecule has 1 N–H and O–H groups in total. The van der Waals surface area contributed by atoms with Crippen LogP contribution in [0.15, 0.2) is 18.2 Å². The quantitative estimate of drug-likeness (QED) is 0.788. The Hall–Kier alpha value is -2.61. The van der Waals surface area contributed by atoms with E-state index in [-0.39, 0.29) is 5.91 Å². The molecule has 1 amide bonds. The van der Waals surface area contributed by atoms with Crippen molar-refractivity contribution >= 4 is 23.3 Å². The molecule has 0 aliphatic rings. The molecule has 3 aromatic rings. The van der Waals surface area contributed by atoms with Crippen LogP contribution in [0.1, 0.15) is 38.7 Å². The van der Waals surface area contributed by atoms with E-state index < -0.39 is 0 Å². The lowest BCUT2D eigenvalue weighted by atomic mass is 10.1. The van der Waals surface area contributed by atoms with Gasteiger partial charge in [0.05, 0.1) is 35.4 Å². The minimum atomic E-state index is -0.263. The second kappa shape index (κ2) is 6.48. The maximum absolute atomic E-state index is 12.5. The Bertz CT molecular complexity index is 898. The molecule has 0 unspecified atom stereocenters. The third-order valence-electron chi connectivity index (χ3n) is 4.10. The molecular formula is C16H18N6OS. The molecular weight excluding hydrogens is 324 g/mol. The maximum atomic E-state index is 12.5. The van der Waals surface area contributed by atoms with Crippen LogP contribution in [0, 0.1) is 27.7 Å². The Kier molecular flexibility index (Phi) is 4.39. The van der Waals surface area contributed by atoms with Crippen molar-refractivity contribution in [1.82, 2.24) is 23.7 Å². The summed E-state index contributed by atoms with van der Waals surface area (Å²) in [5.74, 6) is -0.263. The fraction of sp³-hybridized carbons (Fsp3) is 0.312. The molecule has 0 fully saturated rings. The van der Waals surface area contributed by atoms with Gasteiger partial charge in [-0.25, -0.2) is 4.68 Å². The summed E-state index contributed by atoms with van der Waals surface area (Å²) >= 11 is 1.17. The predicted molar refractivity (Wildman–Crippen MR) is 92.4 cm³/mol. The average molecular weight is 342 g/mol. The van der Waals surface area contributed by atoms with Crippen LogP contribution in [0.5, 0.6) is 0 Å². The zero-order chi connectivity index (χ0) is 17.3. The van der Waals surface area contributed by atoms with E-state index in [9.17, 15) is 4.79 Å². The smallest absolute Gasteiger partial charge is 0.278 e. The first kappa shape index (κ1) is 16.3. The van der Waals surface area contributed by atoms with Gasteiger partial charge in [0.25, 0.3) is 5.91 Å². The number of nitrogens with zero attached hydrogens (tertiary/aromatic N) is 5. The monoisotopic (exact) mass is 342 g/mol. The maximum Gasteiger partial charge on any atom is 0.278 e. The Labute approximate surface area is 144 Å². The predicted octanol–water partition coefficient (Wildman–Crippen LogP) is 2.66. The molecule has 2 heterocycles. The first-order chi connectivity index (χ1) is 11.5. The normalized spacial score (nSPS) is 10.8. The number of anilines is 1. The number of carbonyl (C=O) groups is 1. The van der Waals surface area contributed by atoms with Gasteiger partial charge in [0.15, 0.2) is 5.69 Å². The van der Waals surface area contributed by atoms with E-state index in [0.717, 1.165) is 28.2 Å². The first-order valence-electron chi connectivity index (χ1n) is 7.53. The summed E-state index contributed by atoms with van der Waals surface area (Å²) in [7, 11) is 0. The average Bonchev–Trinajstić information content (AvgIpc) is 3.11. The molecule has 24 heavy (non-hydrogen) atoms. The van der Waals surface area contributed by atoms with Crippen LogP contribution in [0.25, 0.3) is 0 Å². The molecule has 8 heteroatoms. The number of amides is 1. The highest BCUT2D eigenvalue weighted by Gasteiger charge is 2.18. The van der Waals surface area contributed by atoms with Gasteiger partial charge in [0.1, 0.15) is 0 Å². The number of rotatable bonds is 4. The van der Waals surface area contributed by atoms with Gasteiger partial charge in [-0.1, -0.05) is 17.3 Å². The molecule has 3 rings (SSSR count). The van der Waals surface area contributed by atoms with Crippen LogP contribution in [-0.4, -0.2) is 29.6 Å². The van der Waals surface area contributed by atoms with E-state index in [4.69, 9.17) is 0 Å². The van der Waals surface area contributed by atoms with Crippen LogP contribution in [-0.2, 0) is 6.54 Å². The second-order valence-corrected chi connectivity index (χ2v) is 6.21. The van der Waals surface area contributed by atoms with Crippen molar-refractivity contribution in [1.29, 1.82) is 0 Å². The molecule has 0 radical (unpaired) electrons. The van der Waals surface area contributed by atoms with Gasteiger partial charge < -0.3 is 5.32 Å². The van der Waals surface area contributed by atoms with Crippen molar-refractivity contribution in [2.45, 2.75) is 34.2 Å². The number of hydrogen-bond donors (Lipinski definition) is 1. The molecule has 0 aliphatic heterocycles. The Balaban J connectivity index is 1.81. The van der Waals surface area contributed by atoms with Crippen molar-refractivity contribution in [2.24, 2.45) is 0 Å². The fourth-order valence-corrected chi connectivity index (χ4v) is 2.88. The highest BCUT2D eigenvalue weighted by Crippen LogP contribution is 2.19. The van der Waals surface area contributed by atoms with Crippen LogP contribution in [0.3, 0.4) is 0 Å². The Morgan fingerprint density at radius 1 is 1.21 bits per heavy atom. The number of nitrogens with one attached hydrogen (secondary N) is 1. The number of carbonyl (C=O) groups excluding carboxylic acids is 1. The third kappa shape index (κ3) is 3.05. The number of aromatic nitrogens is 5. The molecule has 124 valence electrons. The van der Waals surface area contributed by atoms with Gasteiger partial charge >= 0.3 is 0 Å². The third-order valence-corrected chi connectivity index (χ3v) is 4.75. The van der Waals surface area contributed by atoms with Crippen molar-refractivity contribution < 1.29 is 4.79 Å². The number of benzene rings is 1.